The third kappa shape index (κ3) is 2.48. The van der Waals surface area contributed by atoms with Gasteiger partial charge in [-0.25, -0.2) is 0 Å². The zero-order chi connectivity index (χ0) is 11.9. The fraction of sp³-hybridized carbons (Fsp3) is 0.308. The Bertz CT molecular complexity index is 475. The van der Waals surface area contributed by atoms with E-state index in [4.69, 9.17) is 21.7 Å². The van der Waals surface area contributed by atoms with Gasteiger partial charge in [0.2, 0.25) is 5.90 Å². The molecule has 2 nitrogen and oxygen atoms in total. The summed E-state index contributed by atoms with van der Waals surface area (Å²) in [5, 5.41) is 8.57. The summed E-state index contributed by atoms with van der Waals surface area (Å²) in [6.07, 6.45) is 0. The molecule has 0 bridgehead atoms. The smallest absolute Gasteiger partial charge is 0.214 e. The van der Waals surface area contributed by atoms with Crippen LogP contribution in [-0.2, 0) is 4.74 Å². The number of halogens is 2. The molecular formula is C13H15Cl2NO. The zero-order valence-corrected chi connectivity index (χ0v) is 11.6. The summed E-state index contributed by atoms with van der Waals surface area (Å²) >= 11 is 5.85. The number of ether oxygens (including phenoxy) is 1. The highest BCUT2D eigenvalue weighted by molar-refractivity contribution is 6.30. The van der Waals surface area contributed by atoms with Gasteiger partial charge in [0, 0.05) is 10.6 Å². The largest absolute Gasteiger partial charge is 0.467 e. The van der Waals surface area contributed by atoms with Crippen LogP contribution in [0.2, 0.25) is 5.02 Å². The van der Waals surface area contributed by atoms with Crippen molar-refractivity contribution < 1.29 is 4.74 Å². The van der Waals surface area contributed by atoms with Crippen molar-refractivity contribution in [2.75, 3.05) is 0 Å². The van der Waals surface area contributed by atoms with Gasteiger partial charge in [-0.1, -0.05) is 23.7 Å². The van der Waals surface area contributed by atoms with Gasteiger partial charge in [0.05, 0.1) is 0 Å². The van der Waals surface area contributed by atoms with Gasteiger partial charge in [-0.15, -0.1) is 12.4 Å². The first-order chi connectivity index (χ1) is 7.42. The van der Waals surface area contributed by atoms with Gasteiger partial charge in [-0.3, -0.25) is 5.41 Å². The number of rotatable bonds is 1. The van der Waals surface area contributed by atoms with Crippen LogP contribution in [0.3, 0.4) is 0 Å². The van der Waals surface area contributed by atoms with Crippen molar-refractivity contribution in [2.24, 2.45) is 0 Å². The first-order valence-corrected chi connectivity index (χ1v) is 5.55. The van der Waals surface area contributed by atoms with Gasteiger partial charge in [0.1, 0.15) is 5.60 Å². The van der Waals surface area contributed by atoms with E-state index in [1.165, 1.54) is 0 Å². The zero-order valence-electron chi connectivity index (χ0n) is 10.0. The molecule has 0 atom stereocenters. The minimum Gasteiger partial charge on any atom is -0.467 e. The molecule has 1 aliphatic rings. The third-order valence-corrected chi connectivity index (χ3v) is 3.25. The SMILES string of the molecule is CC1=C(c2ccc(Cl)cc2)C(=N)OC1(C)C.Cl. The molecule has 17 heavy (non-hydrogen) atoms. The number of hydrogen-bond donors (Lipinski definition) is 1. The molecule has 0 saturated carbocycles. The Morgan fingerprint density at radius 3 is 2.12 bits per heavy atom. The van der Waals surface area contributed by atoms with E-state index in [9.17, 15) is 0 Å². The molecule has 0 aliphatic carbocycles. The molecule has 0 unspecified atom stereocenters. The average molecular weight is 272 g/mol. The average Bonchev–Trinajstić information content (AvgIpc) is 2.39. The van der Waals surface area contributed by atoms with Crippen molar-refractivity contribution in [3.05, 3.63) is 40.4 Å². The van der Waals surface area contributed by atoms with Gasteiger partial charge in [-0.2, -0.15) is 0 Å². The third-order valence-electron chi connectivity index (χ3n) is 3.00. The molecule has 92 valence electrons. The molecule has 4 heteroatoms. The molecular weight excluding hydrogens is 257 g/mol. The van der Waals surface area contributed by atoms with Crippen LogP contribution >= 0.6 is 24.0 Å². The van der Waals surface area contributed by atoms with Crippen LogP contribution in [0, 0.1) is 5.41 Å². The second-order valence-corrected chi connectivity index (χ2v) is 4.88. The minimum absolute atomic E-state index is 0. The Labute approximate surface area is 113 Å². The molecule has 0 spiro atoms. The van der Waals surface area contributed by atoms with Crippen LogP contribution in [0.4, 0.5) is 0 Å². The molecule has 0 amide bonds. The van der Waals surface area contributed by atoms with Crippen LogP contribution in [0.15, 0.2) is 29.8 Å². The molecule has 1 heterocycles. The van der Waals surface area contributed by atoms with E-state index in [1.54, 1.807) is 0 Å². The second kappa shape index (κ2) is 4.71. The van der Waals surface area contributed by atoms with Crippen LogP contribution in [0.1, 0.15) is 26.3 Å². The lowest BCUT2D eigenvalue weighted by atomic mass is 9.94. The molecule has 0 radical (unpaired) electrons. The van der Waals surface area contributed by atoms with Crippen molar-refractivity contribution in [2.45, 2.75) is 26.4 Å². The minimum atomic E-state index is -0.383. The summed E-state index contributed by atoms with van der Waals surface area (Å²) in [7, 11) is 0. The maximum atomic E-state index is 7.87. The van der Waals surface area contributed by atoms with E-state index >= 15 is 0 Å². The summed E-state index contributed by atoms with van der Waals surface area (Å²) in [4.78, 5) is 0. The highest BCUT2D eigenvalue weighted by atomic mass is 35.5. The van der Waals surface area contributed by atoms with E-state index < -0.39 is 0 Å². The van der Waals surface area contributed by atoms with E-state index in [0.29, 0.717) is 5.02 Å². The molecule has 1 aliphatic heterocycles. The number of nitrogens with one attached hydrogen (secondary N) is 1. The van der Waals surface area contributed by atoms with Crippen molar-refractivity contribution in [1.82, 2.24) is 0 Å². The summed E-state index contributed by atoms with van der Waals surface area (Å²) in [5.74, 6) is 0.241. The Kier molecular flexibility index (Phi) is 3.90. The monoisotopic (exact) mass is 271 g/mol. The summed E-state index contributed by atoms with van der Waals surface area (Å²) in [6, 6.07) is 7.49. The lowest BCUT2D eigenvalue weighted by molar-refractivity contribution is 0.149. The first-order valence-electron chi connectivity index (χ1n) is 5.17. The van der Waals surface area contributed by atoms with Crippen LogP contribution < -0.4 is 0 Å². The van der Waals surface area contributed by atoms with Crippen molar-refractivity contribution in [1.29, 1.82) is 5.41 Å². The summed E-state index contributed by atoms with van der Waals surface area (Å²) in [5.41, 5.74) is 2.56. The Morgan fingerprint density at radius 2 is 1.71 bits per heavy atom. The van der Waals surface area contributed by atoms with Gasteiger partial charge in [0.25, 0.3) is 0 Å². The fourth-order valence-electron chi connectivity index (χ4n) is 1.82. The molecule has 1 N–H and O–H groups in total. The number of hydrogen-bond acceptors (Lipinski definition) is 2. The van der Waals surface area contributed by atoms with Gasteiger partial charge in [0.15, 0.2) is 0 Å². The quantitative estimate of drug-likeness (QED) is 0.811. The van der Waals surface area contributed by atoms with Gasteiger partial charge in [-0.05, 0) is 44.0 Å². The molecule has 2 rings (SSSR count). The predicted octanol–water partition coefficient (Wildman–Crippen LogP) is 4.32. The van der Waals surface area contributed by atoms with E-state index in [1.807, 2.05) is 45.0 Å². The molecule has 0 fully saturated rings. The predicted molar refractivity (Wildman–Crippen MR) is 74.2 cm³/mol. The maximum Gasteiger partial charge on any atom is 0.214 e. The highest BCUT2D eigenvalue weighted by Gasteiger charge is 2.35. The Hall–Kier alpha value is -0.990. The van der Waals surface area contributed by atoms with Crippen LogP contribution in [0.25, 0.3) is 5.57 Å². The highest BCUT2D eigenvalue weighted by Crippen LogP contribution is 2.37. The lowest BCUT2D eigenvalue weighted by Crippen LogP contribution is -2.21. The van der Waals surface area contributed by atoms with E-state index in [-0.39, 0.29) is 23.9 Å². The number of benzene rings is 1. The topological polar surface area (TPSA) is 33.1 Å². The Balaban J connectivity index is 0.00000144. The standard InChI is InChI=1S/C13H14ClNO.ClH/c1-8-11(12(15)16-13(8,2)3)9-4-6-10(14)7-5-9;/h4-7,15H,1-3H3;1H. The van der Waals surface area contributed by atoms with Crippen LogP contribution in [0.5, 0.6) is 0 Å². The maximum absolute atomic E-state index is 7.87. The lowest BCUT2D eigenvalue weighted by Gasteiger charge is -2.18. The van der Waals surface area contributed by atoms with Gasteiger partial charge < -0.3 is 4.74 Å². The summed E-state index contributed by atoms with van der Waals surface area (Å²) in [6.45, 7) is 5.95. The van der Waals surface area contributed by atoms with E-state index in [2.05, 4.69) is 0 Å². The van der Waals surface area contributed by atoms with Crippen molar-refractivity contribution in [3.63, 3.8) is 0 Å². The molecule has 1 aromatic rings. The van der Waals surface area contributed by atoms with Gasteiger partial charge >= 0.3 is 0 Å². The second-order valence-electron chi connectivity index (χ2n) is 4.45. The molecule has 0 saturated heterocycles. The van der Waals surface area contributed by atoms with Crippen LogP contribution in [-0.4, -0.2) is 11.5 Å². The van der Waals surface area contributed by atoms with E-state index in [0.717, 1.165) is 16.7 Å². The normalized spacial score (nSPS) is 17.8. The molecule has 0 aromatic heterocycles. The Morgan fingerprint density at radius 1 is 1.18 bits per heavy atom. The fourth-order valence-corrected chi connectivity index (χ4v) is 1.94. The summed E-state index contributed by atoms with van der Waals surface area (Å²) < 4.78 is 5.53. The first kappa shape index (κ1) is 14.1. The van der Waals surface area contributed by atoms with Crippen molar-refractivity contribution in [3.8, 4) is 0 Å². The van der Waals surface area contributed by atoms with Crippen molar-refractivity contribution >= 4 is 35.5 Å². The molecule has 1 aromatic carbocycles.